The number of hydrogen-bond acceptors (Lipinski definition) is 3. The fourth-order valence-corrected chi connectivity index (χ4v) is 2.20. The Bertz CT molecular complexity index is 416. The lowest BCUT2D eigenvalue weighted by atomic mass is 10.2. The number of nitrogens with zero attached hydrogens (tertiary/aromatic N) is 1. The molecule has 0 amide bonds. The van der Waals surface area contributed by atoms with Crippen molar-refractivity contribution < 1.29 is 0 Å². The van der Waals surface area contributed by atoms with Crippen molar-refractivity contribution in [2.24, 2.45) is 0 Å². The van der Waals surface area contributed by atoms with Crippen LogP contribution in [0.1, 0.15) is 49.0 Å². The van der Waals surface area contributed by atoms with Crippen LogP contribution in [-0.2, 0) is 0 Å². The second-order valence-corrected chi connectivity index (χ2v) is 4.48. The number of rotatable bonds is 2. The monoisotopic (exact) mass is 205 g/mol. The van der Waals surface area contributed by atoms with Gasteiger partial charge in [-0.3, -0.25) is 4.79 Å². The second kappa shape index (κ2) is 3.45. The van der Waals surface area contributed by atoms with Crippen molar-refractivity contribution in [1.29, 1.82) is 0 Å². The zero-order chi connectivity index (χ0) is 10.3. The molecule has 0 radical (unpaired) electrons. The molecule has 80 valence electrons. The quantitative estimate of drug-likeness (QED) is 0.759. The maximum Gasteiger partial charge on any atom is 0.254 e. The Morgan fingerprint density at radius 1 is 1.33 bits per heavy atom. The molecular weight excluding hydrogens is 190 g/mol. The lowest BCUT2D eigenvalue weighted by molar-refractivity contribution is 0.600. The van der Waals surface area contributed by atoms with Gasteiger partial charge in [0.05, 0.1) is 6.04 Å². The summed E-state index contributed by atoms with van der Waals surface area (Å²) in [5.74, 6) is 1.29. The smallest absolute Gasteiger partial charge is 0.254 e. The highest BCUT2D eigenvalue weighted by Gasteiger charge is 2.27. The van der Waals surface area contributed by atoms with Crippen LogP contribution in [0.5, 0.6) is 0 Å². The van der Waals surface area contributed by atoms with E-state index in [2.05, 4.69) is 15.3 Å². The van der Waals surface area contributed by atoms with Gasteiger partial charge >= 0.3 is 0 Å². The third kappa shape index (κ3) is 1.69. The Kier molecular flexibility index (Phi) is 2.09. The minimum atomic E-state index is 0.0659. The Labute approximate surface area is 88.1 Å². The Morgan fingerprint density at radius 2 is 2.20 bits per heavy atom. The van der Waals surface area contributed by atoms with Gasteiger partial charge in [0.15, 0.2) is 0 Å². The predicted molar refractivity (Wildman–Crippen MR) is 56.8 cm³/mol. The highest BCUT2D eigenvalue weighted by atomic mass is 16.1. The fraction of sp³-hybridized carbons (Fsp3) is 0.636. The van der Waals surface area contributed by atoms with Crippen LogP contribution in [0.2, 0.25) is 0 Å². The molecule has 0 bridgehead atoms. The average molecular weight is 205 g/mol. The molecule has 2 N–H and O–H groups in total. The Morgan fingerprint density at radius 3 is 2.80 bits per heavy atom. The van der Waals surface area contributed by atoms with Crippen LogP contribution in [0.15, 0.2) is 11.0 Å². The molecule has 3 rings (SSSR count). The van der Waals surface area contributed by atoms with Gasteiger partial charge in [0.25, 0.3) is 5.56 Å². The van der Waals surface area contributed by atoms with Crippen molar-refractivity contribution >= 4 is 0 Å². The molecule has 0 spiro atoms. The van der Waals surface area contributed by atoms with Crippen LogP contribution in [0.4, 0.5) is 0 Å². The maximum absolute atomic E-state index is 11.8. The zero-order valence-electron chi connectivity index (χ0n) is 8.62. The van der Waals surface area contributed by atoms with E-state index in [4.69, 9.17) is 0 Å². The van der Waals surface area contributed by atoms with E-state index in [1.165, 1.54) is 6.42 Å². The number of nitrogens with one attached hydrogen (secondary N) is 2. The van der Waals surface area contributed by atoms with Gasteiger partial charge in [-0.2, -0.15) is 0 Å². The predicted octanol–water partition coefficient (Wildman–Crippen LogP) is 1.07. The molecule has 1 unspecified atom stereocenters. The highest BCUT2D eigenvalue weighted by molar-refractivity contribution is 5.18. The van der Waals surface area contributed by atoms with Crippen molar-refractivity contribution in [3.05, 3.63) is 27.9 Å². The van der Waals surface area contributed by atoms with E-state index in [9.17, 15) is 4.79 Å². The second-order valence-electron chi connectivity index (χ2n) is 4.48. The molecule has 4 nitrogen and oxygen atoms in total. The molecule has 2 fully saturated rings. The van der Waals surface area contributed by atoms with Gasteiger partial charge in [0.1, 0.15) is 5.82 Å². The Hall–Kier alpha value is -1.16. The number of aromatic amines is 1. The summed E-state index contributed by atoms with van der Waals surface area (Å²) < 4.78 is 0. The highest BCUT2D eigenvalue weighted by Crippen LogP contribution is 2.37. The molecule has 1 saturated carbocycles. The number of aromatic nitrogens is 2. The van der Waals surface area contributed by atoms with Gasteiger partial charge in [0.2, 0.25) is 0 Å². The fourth-order valence-electron chi connectivity index (χ4n) is 2.20. The van der Waals surface area contributed by atoms with Gasteiger partial charge in [0, 0.05) is 11.8 Å². The van der Waals surface area contributed by atoms with Crippen LogP contribution in [-0.4, -0.2) is 16.5 Å². The summed E-state index contributed by atoms with van der Waals surface area (Å²) in [4.78, 5) is 19.0. The van der Waals surface area contributed by atoms with E-state index >= 15 is 0 Å². The first-order valence-electron chi connectivity index (χ1n) is 5.67. The first kappa shape index (κ1) is 9.09. The lowest BCUT2D eigenvalue weighted by Crippen LogP contribution is -2.22. The first-order chi connectivity index (χ1) is 7.34. The summed E-state index contributed by atoms with van der Waals surface area (Å²) >= 11 is 0. The molecule has 1 aliphatic heterocycles. The summed E-state index contributed by atoms with van der Waals surface area (Å²) in [5, 5.41) is 3.33. The Balaban J connectivity index is 1.90. The minimum absolute atomic E-state index is 0.0659. The van der Waals surface area contributed by atoms with Gasteiger partial charge < -0.3 is 10.3 Å². The van der Waals surface area contributed by atoms with Crippen LogP contribution >= 0.6 is 0 Å². The van der Waals surface area contributed by atoms with Crippen molar-refractivity contribution in [2.45, 2.75) is 37.6 Å². The van der Waals surface area contributed by atoms with Gasteiger partial charge in [-0.25, -0.2) is 4.98 Å². The average Bonchev–Trinajstić information content (AvgIpc) is 2.93. The topological polar surface area (TPSA) is 57.8 Å². The standard InChI is InChI=1S/C11H15N3O/c15-11-8(7-3-4-7)6-13-10(14-11)9-2-1-5-12-9/h6-7,9,12H,1-5H2,(H,13,14,15). The van der Waals surface area contributed by atoms with Crippen LogP contribution < -0.4 is 10.9 Å². The zero-order valence-corrected chi connectivity index (χ0v) is 8.62. The maximum atomic E-state index is 11.8. The van der Waals surface area contributed by atoms with E-state index < -0.39 is 0 Å². The van der Waals surface area contributed by atoms with E-state index in [1.54, 1.807) is 6.20 Å². The lowest BCUT2D eigenvalue weighted by Gasteiger charge is -2.09. The van der Waals surface area contributed by atoms with E-state index in [0.29, 0.717) is 5.92 Å². The molecule has 0 aromatic carbocycles. The summed E-state index contributed by atoms with van der Waals surface area (Å²) in [6, 6.07) is 0.256. The number of hydrogen-bond donors (Lipinski definition) is 2. The molecule has 1 aromatic rings. The van der Waals surface area contributed by atoms with E-state index in [1.807, 2.05) is 0 Å². The van der Waals surface area contributed by atoms with Gasteiger partial charge in [-0.15, -0.1) is 0 Å². The first-order valence-corrected chi connectivity index (χ1v) is 5.67. The number of H-pyrrole nitrogens is 1. The summed E-state index contributed by atoms with van der Waals surface area (Å²) in [5.41, 5.74) is 0.938. The summed E-state index contributed by atoms with van der Waals surface area (Å²) in [7, 11) is 0. The van der Waals surface area contributed by atoms with Crippen molar-refractivity contribution in [1.82, 2.24) is 15.3 Å². The van der Waals surface area contributed by atoms with Crippen molar-refractivity contribution in [3.63, 3.8) is 0 Å². The molecule has 1 aromatic heterocycles. The van der Waals surface area contributed by atoms with Crippen LogP contribution in [0.25, 0.3) is 0 Å². The molecule has 4 heteroatoms. The minimum Gasteiger partial charge on any atom is -0.309 e. The third-order valence-corrected chi connectivity index (χ3v) is 3.25. The van der Waals surface area contributed by atoms with Gasteiger partial charge in [-0.1, -0.05) is 0 Å². The molecule has 1 atom stereocenters. The molecular formula is C11H15N3O. The summed E-state index contributed by atoms with van der Waals surface area (Å²) in [6.07, 6.45) is 6.30. The van der Waals surface area contributed by atoms with Crippen molar-refractivity contribution in [2.75, 3.05) is 6.54 Å². The van der Waals surface area contributed by atoms with Gasteiger partial charge in [-0.05, 0) is 38.1 Å². The molecule has 2 heterocycles. The van der Waals surface area contributed by atoms with Crippen LogP contribution in [0, 0.1) is 0 Å². The van der Waals surface area contributed by atoms with Crippen molar-refractivity contribution in [3.8, 4) is 0 Å². The van der Waals surface area contributed by atoms with Crippen LogP contribution in [0.3, 0.4) is 0 Å². The summed E-state index contributed by atoms with van der Waals surface area (Å²) in [6.45, 7) is 1.03. The molecule has 1 aliphatic carbocycles. The van der Waals surface area contributed by atoms with E-state index in [-0.39, 0.29) is 11.6 Å². The normalized spacial score (nSPS) is 25.7. The SMILES string of the molecule is O=c1[nH]c(C2CCCN2)ncc1C1CC1. The molecule has 15 heavy (non-hydrogen) atoms. The van der Waals surface area contributed by atoms with E-state index in [0.717, 1.165) is 37.2 Å². The largest absolute Gasteiger partial charge is 0.309 e. The molecule has 2 aliphatic rings. The molecule has 1 saturated heterocycles. The third-order valence-electron chi connectivity index (χ3n) is 3.25.